The maximum Gasteiger partial charge on any atom is 0.151 e. The van der Waals surface area contributed by atoms with Gasteiger partial charge in [0.05, 0.1) is 6.61 Å². The van der Waals surface area contributed by atoms with E-state index in [0.717, 1.165) is 22.9 Å². The normalized spacial score (nSPS) is 11.2. The van der Waals surface area contributed by atoms with Crippen LogP contribution in [0.25, 0.3) is 0 Å². The van der Waals surface area contributed by atoms with Crippen LogP contribution in [-0.2, 0) is 0 Å². The van der Waals surface area contributed by atoms with Crippen molar-refractivity contribution in [3.05, 3.63) is 28.2 Å². The predicted octanol–water partition coefficient (Wildman–Crippen LogP) is 4.08. The summed E-state index contributed by atoms with van der Waals surface area (Å²) >= 11 is 3.30. The van der Waals surface area contributed by atoms with Gasteiger partial charge in [0.15, 0.2) is 6.29 Å². The molecule has 3 heteroatoms. The molecule has 1 rings (SSSR count). The summed E-state index contributed by atoms with van der Waals surface area (Å²) < 4.78 is 6.40. The van der Waals surface area contributed by atoms with E-state index in [4.69, 9.17) is 4.74 Å². The minimum absolute atomic E-state index is 0.267. The molecule has 0 fully saturated rings. The molecule has 0 aliphatic carbocycles. The van der Waals surface area contributed by atoms with E-state index in [2.05, 4.69) is 36.7 Å². The highest BCUT2D eigenvalue weighted by Gasteiger charge is 2.10. The second-order valence-corrected chi connectivity index (χ2v) is 5.81. The van der Waals surface area contributed by atoms with E-state index >= 15 is 0 Å². The van der Waals surface area contributed by atoms with E-state index in [1.807, 2.05) is 12.1 Å². The number of halogens is 1. The Morgan fingerprint density at radius 2 is 2.06 bits per heavy atom. The van der Waals surface area contributed by atoms with Crippen LogP contribution in [-0.4, -0.2) is 12.9 Å². The third kappa shape index (κ3) is 4.35. The van der Waals surface area contributed by atoms with E-state index < -0.39 is 0 Å². The van der Waals surface area contributed by atoms with Gasteiger partial charge in [-0.1, -0.05) is 36.7 Å². The van der Waals surface area contributed by atoms with E-state index in [9.17, 15) is 4.79 Å². The van der Waals surface area contributed by atoms with Crippen molar-refractivity contribution in [2.24, 2.45) is 5.41 Å². The molecule has 0 atom stereocenters. The molecule has 0 heterocycles. The SMILES string of the molecule is CC(C)(C)CCOc1ccc(Br)c(C=O)c1. The van der Waals surface area contributed by atoms with Crippen LogP contribution in [0.3, 0.4) is 0 Å². The van der Waals surface area contributed by atoms with Crippen LogP contribution in [0.2, 0.25) is 0 Å². The molecule has 0 amide bonds. The molecule has 0 aliphatic rings. The number of hydrogen-bond acceptors (Lipinski definition) is 2. The van der Waals surface area contributed by atoms with Gasteiger partial charge in [-0.2, -0.15) is 0 Å². The maximum absolute atomic E-state index is 10.7. The molecule has 0 saturated heterocycles. The number of carbonyl (C=O) groups is 1. The first-order chi connectivity index (χ1) is 7.42. The molecular weight excluding hydrogens is 268 g/mol. The van der Waals surface area contributed by atoms with Crippen LogP contribution in [0.4, 0.5) is 0 Å². The first-order valence-corrected chi connectivity index (χ1v) is 6.09. The summed E-state index contributed by atoms with van der Waals surface area (Å²) in [6.07, 6.45) is 1.81. The fourth-order valence-electron chi connectivity index (χ4n) is 1.18. The van der Waals surface area contributed by atoms with Gasteiger partial charge in [-0.15, -0.1) is 0 Å². The summed E-state index contributed by atoms with van der Waals surface area (Å²) in [7, 11) is 0. The van der Waals surface area contributed by atoms with Crippen molar-refractivity contribution >= 4 is 22.2 Å². The van der Waals surface area contributed by atoms with Crippen LogP contribution in [0.1, 0.15) is 37.6 Å². The monoisotopic (exact) mass is 284 g/mol. The van der Waals surface area contributed by atoms with Crippen molar-refractivity contribution in [2.45, 2.75) is 27.2 Å². The summed E-state index contributed by atoms with van der Waals surface area (Å²) in [6, 6.07) is 5.44. The van der Waals surface area contributed by atoms with E-state index in [0.29, 0.717) is 12.2 Å². The molecule has 0 N–H and O–H groups in total. The second kappa shape index (κ2) is 5.48. The molecule has 0 aromatic heterocycles. The Labute approximate surface area is 105 Å². The Bertz CT molecular complexity index is 367. The molecule has 88 valence electrons. The highest BCUT2D eigenvalue weighted by atomic mass is 79.9. The van der Waals surface area contributed by atoms with E-state index in [1.54, 1.807) is 6.07 Å². The molecule has 0 aliphatic heterocycles. The number of aldehydes is 1. The van der Waals surface area contributed by atoms with E-state index in [1.165, 1.54) is 0 Å². The summed E-state index contributed by atoms with van der Waals surface area (Å²) in [5, 5.41) is 0. The summed E-state index contributed by atoms with van der Waals surface area (Å²) in [5.74, 6) is 0.745. The molecule has 2 nitrogen and oxygen atoms in total. The fourth-order valence-corrected chi connectivity index (χ4v) is 1.52. The minimum Gasteiger partial charge on any atom is -0.494 e. The van der Waals surface area contributed by atoms with Crippen LogP contribution in [0, 0.1) is 5.41 Å². The molecule has 0 unspecified atom stereocenters. The van der Waals surface area contributed by atoms with Gasteiger partial charge in [-0.05, 0) is 30.0 Å². The van der Waals surface area contributed by atoms with E-state index in [-0.39, 0.29) is 5.41 Å². The van der Waals surface area contributed by atoms with Gasteiger partial charge in [0.1, 0.15) is 5.75 Å². The Balaban J connectivity index is 2.58. The van der Waals surface area contributed by atoms with Gasteiger partial charge in [0, 0.05) is 10.0 Å². The quantitative estimate of drug-likeness (QED) is 0.779. The Morgan fingerprint density at radius 1 is 1.38 bits per heavy atom. The van der Waals surface area contributed by atoms with Crippen molar-refractivity contribution in [3.63, 3.8) is 0 Å². The lowest BCUT2D eigenvalue weighted by Gasteiger charge is -2.18. The molecule has 0 saturated carbocycles. The smallest absolute Gasteiger partial charge is 0.151 e. The van der Waals surface area contributed by atoms with Gasteiger partial charge in [0.2, 0.25) is 0 Å². The maximum atomic E-state index is 10.7. The standard InChI is InChI=1S/C13H17BrO2/c1-13(2,3)6-7-16-11-4-5-12(14)10(8-11)9-15/h4-5,8-9H,6-7H2,1-3H3. The first-order valence-electron chi connectivity index (χ1n) is 5.30. The van der Waals surface area contributed by atoms with Gasteiger partial charge in [-0.3, -0.25) is 4.79 Å². The van der Waals surface area contributed by atoms with Crippen LogP contribution >= 0.6 is 15.9 Å². The molecule has 0 radical (unpaired) electrons. The van der Waals surface area contributed by atoms with Gasteiger partial charge in [0.25, 0.3) is 0 Å². The predicted molar refractivity (Wildman–Crippen MR) is 69.1 cm³/mol. The second-order valence-electron chi connectivity index (χ2n) is 4.96. The number of ether oxygens (including phenoxy) is 1. The Morgan fingerprint density at radius 3 is 2.62 bits per heavy atom. The number of rotatable bonds is 4. The Kier molecular flexibility index (Phi) is 4.54. The van der Waals surface area contributed by atoms with Gasteiger partial charge in [-0.25, -0.2) is 0 Å². The van der Waals surface area contributed by atoms with Crippen molar-refractivity contribution in [2.75, 3.05) is 6.61 Å². The van der Waals surface area contributed by atoms with Crippen LogP contribution < -0.4 is 4.74 Å². The minimum atomic E-state index is 0.267. The van der Waals surface area contributed by atoms with Crippen LogP contribution in [0.15, 0.2) is 22.7 Å². The lowest BCUT2D eigenvalue weighted by Crippen LogP contribution is -2.11. The first kappa shape index (κ1) is 13.2. The van der Waals surface area contributed by atoms with Gasteiger partial charge >= 0.3 is 0 Å². The zero-order valence-corrected chi connectivity index (χ0v) is 11.5. The average molecular weight is 285 g/mol. The Hall–Kier alpha value is -0.830. The fraction of sp³-hybridized carbons (Fsp3) is 0.462. The zero-order chi connectivity index (χ0) is 12.2. The topological polar surface area (TPSA) is 26.3 Å². The average Bonchev–Trinajstić information content (AvgIpc) is 2.18. The van der Waals surface area contributed by atoms with Crippen molar-refractivity contribution in [1.29, 1.82) is 0 Å². The lowest BCUT2D eigenvalue weighted by atomic mass is 9.93. The van der Waals surface area contributed by atoms with Crippen molar-refractivity contribution < 1.29 is 9.53 Å². The number of hydrogen-bond donors (Lipinski definition) is 0. The molecule has 0 spiro atoms. The summed E-state index contributed by atoms with van der Waals surface area (Å²) in [6.45, 7) is 7.20. The van der Waals surface area contributed by atoms with Crippen LogP contribution in [0.5, 0.6) is 5.75 Å². The summed E-state index contributed by atoms with van der Waals surface area (Å²) in [5.41, 5.74) is 0.885. The third-order valence-electron chi connectivity index (χ3n) is 2.22. The van der Waals surface area contributed by atoms with Crippen molar-refractivity contribution in [3.8, 4) is 5.75 Å². The molecular formula is C13H17BrO2. The van der Waals surface area contributed by atoms with Gasteiger partial charge < -0.3 is 4.74 Å². The molecule has 1 aromatic rings. The number of carbonyl (C=O) groups excluding carboxylic acids is 1. The molecule has 1 aromatic carbocycles. The van der Waals surface area contributed by atoms with Crippen molar-refractivity contribution in [1.82, 2.24) is 0 Å². The zero-order valence-electron chi connectivity index (χ0n) is 9.92. The molecule has 0 bridgehead atoms. The highest BCUT2D eigenvalue weighted by molar-refractivity contribution is 9.10. The third-order valence-corrected chi connectivity index (χ3v) is 2.94. The summed E-state index contributed by atoms with van der Waals surface area (Å²) in [4.78, 5) is 10.7. The molecule has 16 heavy (non-hydrogen) atoms. The lowest BCUT2D eigenvalue weighted by molar-refractivity contribution is 0.112. The highest BCUT2D eigenvalue weighted by Crippen LogP contribution is 2.23. The largest absolute Gasteiger partial charge is 0.494 e. The number of benzene rings is 1.